The van der Waals surface area contributed by atoms with Crippen molar-refractivity contribution in [2.75, 3.05) is 20.1 Å². The van der Waals surface area contributed by atoms with Crippen molar-refractivity contribution in [2.45, 2.75) is 26.1 Å². The molecule has 168 valence electrons. The summed E-state index contributed by atoms with van der Waals surface area (Å²) >= 11 is 1.00. The number of hydrogen-bond donors (Lipinski definition) is 2. The summed E-state index contributed by atoms with van der Waals surface area (Å²) in [4.78, 5) is 17.8. The molecule has 0 atom stereocenters. The molecule has 0 spiro atoms. The highest BCUT2D eigenvalue weighted by atomic mass is 127. The third kappa shape index (κ3) is 7.20. The van der Waals surface area contributed by atoms with Crippen LogP contribution in [0, 0.1) is 0 Å². The fraction of sp³-hybridized carbons (Fsp3) is 0.350. The lowest BCUT2D eigenvalue weighted by Crippen LogP contribution is -2.38. The molecule has 0 aliphatic carbocycles. The van der Waals surface area contributed by atoms with Gasteiger partial charge in [0.25, 0.3) is 0 Å². The molecule has 2 aromatic heterocycles. The van der Waals surface area contributed by atoms with Crippen LogP contribution in [0.3, 0.4) is 0 Å². The van der Waals surface area contributed by atoms with Crippen molar-refractivity contribution in [3.05, 3.63) is 58.4 Å². The highest BCUT2D eigenvalue weighted by Gasteiger charge is 2.33. The van der Waals surface area contributed by atoms with Gasteiger partial charge in [-0.2, -0.15) is 13.2 Å². The number of H-pyrrole nitrogens is 1. The van der Waals surface area contributed by atoms with E-state index in [1.165, 1.54) is 0 Å². The number of alkyl halides is 3. The van der Waals surface area contributed by atoms with Crippen LogP contribution in [-0.2, 0) is 19.1 Å². The van der Waals surface area contributed by atoms with Crippen LogP contribution < -0.4 is 5.32 Å². The molecule has 3 aromatic rings. The Kier molecular flexibility index (Phi) is 9.29. The average molecular weight is 564 g/mol. The number of thiazole rings is 1. The number of aromatic amines is 1. The van der Waals surface area contributed by atoms with E-state index in [2.05, 4.69) is 25.3 Å². The second-order valence-electron chi connectivity index (χ2n) is 6.58. The predicted molar refractivity (Wildman–Crippen MR) is 128 cm³/mol. The Morgan fingerprint density at radius 2 is 2.00 bits per heavy atom. The van der Waals surface area contributed by atoms with Gasteiger partial charge in [0.1, 0.15) is 5.82 Å². The molecule has 0 fully saturated rings. The minimum atomic E-state index is -4.41. The molecule has 0 radical (unpaired) electrons. The van der Waals surface area contributed by atoms with Crippen LogP contribution in [0.5, 0.6) is 0 Å². The van der Waals surface area contributed by atoms with E-state index >= 15 is 0 Å². The topological polar surface area (TPSA) is 69.2 Å². The zero-order valence-corrected chi connectivity index (χ0v) is 20.3. The molecule has 11 heteroatoms. The van der Waals surface area contributed by atoms with Gasteiger partial charge in [-0.25, -0.2) is 9.97 Å². The van der Waals surface area contributed by atoms with E-state index in [9.17, 15) is 13.2 Å². The van der Waals surface area contributed by atoms with E-state index in [1.54, 1.807) is 6.20 Å². The largest absolute Gasteiger partial charge is 0.434 e. The molecule has 0 aliphatic heterocycles. The number of guanidine groups is 1. The zero-order valence-electron chi connectivity index (χ0n) is 17.1. The Morgan fingerprint density at radius 1 is 1.26 bits per heavy atom. The second kappa shape index (κ2) is 11.5. The van der Waals surface area contributed by atoms with E-state index in [-0.39, 0.29) is 24.0 Å². The number of aliphatic imine (C=N–C) groups is 1. The molecule has 0 bridgehead atoms. The minimum Gasteiger partial charge on any atom is -0.357 e. The van der Waals surface area contributed by atoms with Crippen molar-refractivity contribution in [1.29, 1.82) is 0 Å². The molecule has 6 nitrogen and oxygen atoms in total. The average Bonchev–Trinajstić information content (AvgIpc) is 3.37. The molecule has 1 aromatic carbocycles. The van der Waals surface area contributed by atoms with E-state index in [4.69, 9.17) is 0 Å². The fourth-order valence-electron chi connectivity index (χ4n) is 2.79. The Balaban J connectivity index is 0.00000341. The van der Waals surface area contributed by atoms with Gasteiger partial charge in [0.2, 0.25) is 0 Å². The highest BCUT2D eigenvalue weighted by molar-refractivity contribution is 14.0. The predicted octanol–water partition coefficient (Wildman–Crippen LogP) is 4.81. The van der Waals surface area contributed by atoms with Gasteiger partial charge in [0.15, 0.2) is 11.7 Å². The molecule has 2 heterocycles. The first-order valence-electron chi connectivity index (χ1n) is 9.47. The van der Waals surface area contributed by atoms with Crippen molar-refractivity contribution >= 4 is 41.3 Å². The van der Waals surface area contributed by atoms with Gasteiger partial charge in [-0.05, 0) is 12.5 Å². The van der Waals surface area contributed by atoms with Crippen LogP contribution >= 0.6 is 35.3 Å². The zero-order chi connectivity index (χ0) is 21.6. The van der Waals surface area contributed by atoms with Crippen molar-refractivity contribution in [1.82, 2.24) is 25.2 Å². The Bertz CT molecular complexity index is 971. The quantitative estimate of drug-likeness (QED) is 0.246. The third-order valence-electron chi connectivity index (χ3n) is 4.23. The van der Waals surface area contributed by atoms with Gasteiger partial charge in [-0.15, -0.1) is 35.3 Å². The molecule has 2 N–H and O–H groups in total. The standard InChI is InChI=1S/C20H23F3N6S.HI/c1-3-24-19(25-10-9-18-28-16(13-30-18)20(21,22)23)29(2)12-17-26-11-15(27-17)14-7-5-4-6-8-14;/h4-8,11,13H,3,9-10,12H2,1-2H3,(H,24,25)(H,26,27);1H. The van der Waals surface area contributed by atoms with E-state index < -0.39 is 11.9 Å². The van der Waals surface area contributed by atoms with Gasteiger partial charge in [0, 0.05) is 31.9 Å². The molecule has 0 amide bonds. The van der Waals surface area contributed by atoms with Gasteiger partial charge >= 0.3 is 6.18 Å². The van der Waals surface area contributed by atoms with Crippen molar-refractivity contribution < 1.29 is 13.2 Å². The molecular weight excluding hydrogens is 540 g/mol. The maximum atomic E-state index is 12.7. The molecule has 0 saturated carbocycles. The Morgan fingerprint density at radius 3 is 2.65 bits per heavy atom. The summed E-state index contributed by atoms with van der Waals surface area (Å²) < 4.78 is 38.0. The second-order valence-corrected chi connectivity index (χ2v) is 7.52. The van der Waals surface area contributed by atoms with E-state index in [0.29, 0.717) is 37.0 Å². The lowest BCUT2D eigenvalue weighted by molar-refractivity contribution is -0.140. The van der Waals surface area contributed by atoms with Gasteiger partial charge < -0.3 is 15.2 Å². The number of imidazole rings is 1. The minimum absolute atomic E-state index is 0. The van der Waals surface area contributed by atoms with Crippen LogP contribution in [0.2, 0.25) is 0 Å². The number of nitrogens with zero attached hydrogens (tertiary/aromatic N) is 4. The summed E-state index contributed by atoms with van der Waals surface area (Å²) in [6.07, 6.45) is -2.26. The fourth-order valence-corrected chi connectivity index (χ4v) is 3.58. The molecule has 0 unspecified atom stereocenters. The molecule has 0 saturated heterocycles. The smallest absolute Gasteiger partial charge is 0.357 e. The van der Waals surface area contributed by atoms with Crippen LogP contribution in [0.4, 0.5) is 13.2 Å². The normalized spacial score (nSPS) is 11.8. The number of nitrogens with one attached hydrogen (secondary N) is 2. The molecule has 31 heavy (non-hydrogen) atoms. The maximum Gasteiger partial charge on any atom is 0.434 e. The van der Waals surface area contributed by atoms with Crippen LogP contribution in [0.1, 0.15) is 23.4 Å². The lowest BCUT2D eigenvalue weighted by Gasteiger charge is -2.21. The lowest BCUT2D eigenvalue weighted by atomic mass is 10.2. The number of aromatic nitrogens is 3. The van der Waals surface area contributed by atoms with E-state index in [1.807, 2.05) is 49.2 Å². The number of hydrogen-bond acceptors (Lipinski definition) is 4. The molecule has 3 rings (SSSR count). The van der Waals surface area contributed by atoms with Crippen molar-refractivity contribution in [3.8, 4) is 11.3 Å². The Hall–Kier alpha value is -2.15. The van der Waals surface area contributed by atoms with E-state index in [0.717, 1.165) is 33.8 Å². The van der Waals surface area contributed by atoms with Gasteiger partial charge in [-0.1, -0.05) is 30.3 Å². The van der Waals surface area contributed by atoms with Crippen LogP contribution in [-0.4, -0.2) is 45.9 Å². The maximum absolute atomic E-state index is 12.7. The summed E-state index contributed by atoms with van der Waals surface area (Å²) in [5.74, 6) is 1.44. The SMILES string of the molecule is CCNC(=NCCc1nc(C(F)(F)F)cs1)N(C)Cc1ncc(-c2ccccc2)[nH]1.I. The summed E-state index contributed by atoms with van der Waals surface area (Å²) in [5, 5.41) is 4.65. The number of halogens is 4. The first-order valence-corrected chi connectivity index (χ1v) is 10.3. The van der Waals surface area contributed by atoms with Crippen LogP contribution in [0.25, 0.3) is 11.3 Å². The summed E-state index contributed by atoms with van der Waals surface area (Å²) in [5.41, 5.74) is 1.15. The highest BCUT2D eigenvalue weighted by Crippen LogP contribution is 2.30. The first-order chi connectivity index (χ1) is 14.4. The third-order valence-corrected chi connectivity index (χ3v) is 5.13. The van der Waals surface area contributed by atoms with Crippen LogP contribution in [0.15, 0.2) is 46.9 Å². The summed E-state index contributed by atoms with van der Waals surface area (Å²) in [6.45, 7) is 3.48. The molecular formula is C20H24F3IN6S. The number of benzene rings is 1. The monoisotopic (exact) mass is 564 g/mol. The van der Waals surface area contributed by atoms with Crippen molar-refractivity contribution in [2.24, 2.45) is 4.99 Å². The van der Waals surface area contributed by atoms with Gasteiger partial charge in [-0.3, -0.25) is 4.99 Å². The number of rotatable bonds is 7. The molecule has 0 aliphatic rings. The summed E-state index contributed by atoms with van der Waals surface area (Å²) in [7, 11) is 1.89. The first kappa shape index (κ1) is 25.1. The van der Waals surface area contributed by atoms with Crippen molar-refractivity contribution in [3.63, 3.8) is 0 Å². The summed E-state index contributed by atoms with van der Waals surface area (Å²) in [6, 6.07) is 9.92. The van der Waals surface area contributed by atoms with Gasteiger partial charge in [0.05, 0.1) is 23.4 Å². The Labute approximate surface area is 200 Å².